The van der Waals surface area contributed by atoms with E-state index in [2.05, 4.69) is 12.4 Å². The van der Waals surface area contributed by atoms with Crippen molar-refractivity contribution in [2.45, 2.75) is 58.3 Å². The van der Waals surface area contributed by atoms with Gasteiger partial charge in [-0.05, 0) is 6.42 Å². The minimum atomic E-state index is -0.630. The molecule has 0 bridgehead atoms. The van der Waals surface area contributed by atoms with Crippen LogP contribution in [0.2, 0.25) is 0 Å². The highest BCUT2D eigenvalue weighted by atomic mass is 16.7. The van der Waals surface area contributed by atoms with Crippen molar-refractivity contribution in [3.8, 4) is 0 Å². The summed E-state index contributed by atoms with van der Waals surface area (Å²) >= 11 is 0. The highest BCUT2D eigenvalue weighted by Crippen LogP contribution is 2.07. The molecule has 4 nitrogen and oxygen atoms in total. The van der Waals surface area contributed by atoms with Crippen LogP contribution in [0.3, 0.4) is 0 Å². The molecule has 3 N–H and O–H groups in total. The van der Waals surface area contributed by atoms with Gasteiger partial charge in [0.1, 0.15) is 0 Å². The van der Waals surface area contributed by atoms with E-state index in [4.69, 9.17) is 10.6 Å². The SMILES string of the molecule is CCCCCCCCCCONC(N)=O. The minimum absolute atomic E-state index is 0.553. The highest BCUT2D eigenvalue weighted by Gasteiger charge is 1.93. The van der Waals surface area contributed by atoms with Gasteiger partial charge in [0.25, 0.3) is 0 Å². The standard InChI is InChI=1S/C11H24N2O2/c1-2-3-4-5-6-7-8-9-10-15-13-11(12)14/h2-10H2,1H3,(H3,12,13,14). The number of unbranched alkanes of at least 4 members (excludes halogenated alkanes) is 7. The van der Waals surface area contributed by atoms with Crippen LogP contribution in [-0.2, 0) is 4.84 Å². The first-order chi connectivity index (χ1) is 7.27. The van der Waals surface area contributed by atoms with E-state index in [1.165, 1.54) is 38.5 Å². The number of hydroxylamine groups is 1. The van der Waals surface area contributed by atoms with E-state index >= 15 is 0 Å². The van der Waals surface area contributed by atoms with Crippen molar-refractivity contribution in [3.05, 3.63) is 0 Å². The molecule has 0 aromatic heterocycles. The highest BCUT2D eigenvalue weighted by molar-refractivity contribution is 5.70. The normalized spacial score (nSPS) is 10.2. The largest absolute Gasteiger partial charge is 0.350 e. The molecule has 4 heteroatoms. The van der Waals surface area contributed by atoms with Gasteiger partial charge >= 0.3 is 6.03 Å². The summed E-state index contributed by atoms with van der Waals surface area (Å²) in [6.45, 7) is 2.78. The van der Waals surface area contributed by atoms with Gasteiger partial charge in [0.05, 0.1) is 6.61 Å². The molecule has 0 aliphatic rings. The zero-order valence-corrected chi connectivity index (χ0v) is 9.76. The van der Waals surface area contributed by atoms with Crippen LogP contribution in [0.1, 0.15) is 58.3 Å². The minimum Gasteiger partial charge on any atom is -0.350 e. The Labute approximate surface area is 92.5 Å². The van der Waals surface area contributed by atoms with E-state index in [0.717, 1.165) is 12.8 Å². The zero-order valence-electron chi connectivity index (χ0n) is 9.76. The molecular formula is C11H24N2O2. The van der Waals surface area contributed by atoms with Crippen molar-refractivity contribution >= 4 is 6.03 Å². The van der Waals surface area contributed by atoms with Crippen LogP contribution >= 0.6 is 0 Å². The number of hydrogen-bond donors (Lipinski definition) is 2. The summed E-state index contributed by atoms with van der Waals surface area (Å²) in [4.78, 5) is 15.0. The van der Waals surface area contributed by atoms with Crippen molar-refractivity contribution in [2.75, 3.05) is 6.61 Å². The van der Waals surface area contributed by atoms with Crippen LogP contribution < -0.4 is 11.2 Å². The van der Waals surface area contributed by atoms with E-state index in [1.807, 2.05) is 0 Å². The summed E-state index contributed by atoms with van der Waals surface area (Å²) in [6.07, 6.45) is 10.1. The van der Waals surface area contributed by atoms with Crippen LogP contribution in [-0.4, -0.2) is 12.6 Å². The van der Waals surface area contributed by atoms with E-state index in [1.54, 1.807) is 0 Å². The number of carbonyl (C=O) groups excluding carboxylic acids is 1. The molecule has 0 aliphatic heterocycles. The molecule has 0 heterocycles. The topological polar surface area (TPSA) is 64.3 Å². The Morgan fingerprint density at radius 3 is 2.13 bits per heavy atom. The van der Waals surface area contributed by atoms with E-state index in [0.29, 0.717) is 6.61 Å². The second-order valence-corrected chi connectivity index (χ2v) is 3.79. The average molecular weight is 216 g/mol. The Morgan fingerprint density at radius 1 is 1.07 bits per heavy atom. The fourth-order valence-electron chi connectivity index (χ4n) is 1.43. The van der Waals surface area contributed by atoms with Crippen LogP contribution in [0.4, 0.5) is 4.79 Å². The van der Waals surface area contributed by atoms with Gasteiger partial charge in [0.15, 0.2) is 0 Å². The Morgan fingerprint density at radius 2 is 1.60 bits per heavy atom. The molecule has 2 amide bonds. The fourth-order valence-corrected chi connectivity index (χ4v) is 1.43. The predicted octanol–water partition coefficient (Wildman–Crippen LogP) is 2.73. The van der Waals surface area contributed by atoms with E-state index in [9.17, 15) is 4.79 Å². The van der Waals surface area contributed by atoms with E-state index in [-0.39, 0.29) is 0 Å². The Bertz CT molecular complexity index is 152. The lowest BCUT2D eigenvalue weighted by Gasteiger charge is -2.03. The number of nitrogens with one attached hydrogen (secondary N) is 1. The summed E-state index contributed by atoms with van der Waals surface area (Å²) < 4.78 is 0. The summed E-state index contributed by atoms with van der Waals surface area (Å²) in [7, 11) is 0. The van der Waals surface area contributed by atoms with Crippen molar-refractivity contribution in [1.82, 2.24) is 5.48 Å². The number of nitrogens with two attached hydrogens (primary N) is 1. The molecule has 0 aliphatic carbocycles. The third-order valence-corrected chi connectivity index (χ3v) is 2.27. The molecule has 0 aromatic carbocycles. The zero-order chi connectivity index (χ0) is 11.4. The van der Waals surface area contributed by atoms with Gasteiger partial charge < -0.3 is 5.73 Å². The summed E-state index contributed by atoms with van der Waals surface area (Å²) in [5.41, 5.74) is 6.93. The van der Waals surface area contributed by atoms with E-state index < -0.39 is 6.03 Å². The molecule has 0 aromatic rings. The lowest BCUT2D eigenvalue weighted by molar-refractivity contribution is 0.0616. The first-order valence-corrected chi connectivity index (χ1v) is 5.94. The van der Waals surface area contributed by atoms with Gasteiger partial charge in [-0.25, -0.2) is 10.3 Å². The Hall–Kier alpha value is -0.770. The van der Waals surface area contributed by atoms with Crippen molar-refractivity contribution in [1.29, 1.82) is 0 Å². The smallest absolute Gasteiger partial charge is 0.336 e. The van der Waals surface area contributed by atoms with Crippen LogP contribution in [0.15, 0.2) is 0 Å². The number of rotatable bonds is 10. The molecule has 0 atom stereocenters. The fraction of sp³-hybridized carbons (Fsp3) is 0.909. The second kappa shape index (κ2) is 11.3. The quantitative estimate of drug-likeness (QED) is 0.435. The maximum atomic E-state index is 10.2. The molecule has 0 spiro atoms. The maximum Gasteiger partial charge on any atom is 0.336 e. The lowest BCUT2D eigenvalue weighted by Crippen LogP contribution is -2.29. The first kappa shape index (κ1) is 14.2. The molecule has 0 fully saturated rings. The molecule has 0 unspecified atom stereocenters. The average Bonchev–Trinajstić information content (AvgIpc) is 2.20. The van der Waals surface area contributed by atoms with Crippen LogP contribution in [0, 0.1) is 0 Å². The Balaban J connectivity index is 2.89. The third-order valence-electron chi connectivity index (χ3n) is 2.27. The van der Waals surface area contributed by atoms with Gasteiger partial charge in [0.2, 0.25) is 0 Å². The van der Waals surface area contributed by atoms with Crippen molar-refractivity contribution in [2.24, 2.45) is 5.73 Å². The van der Waals surface area contributed by atoms with Crippen LogP contribution in [0.25, 0.3) is 0 Å². The first-order valence-electron chi connectivity index (χ1n) is 5.94. The molecule has 0 rings (SSSR count). The number of urea groups is 1. The molecule has 0 radical (unpaired) electrons. The lowest BCUT2D eigenvalue weighted by atomic mass is 10.1. The van der Waals surface area contributed by atoms with Crippen LogP contribution in [0.5, 0.6) is 0 Å². The summed E-state index contributed by atoms with van der Waals surface area (Å²) in [5.74, 6) is 0. The monoisotopic (exact) mass is 216 g/mol. The van der Waals surface area contributed by atoms with Crippen molar-refractivity contribution < 1.29 is 9.63 Å². The third kappa shape index (κ3) is 13.2. The molecule has 0 saturated carbocycles. The van der Waals surface area contributed by atoms with Crippen molar-refractivity contribution in [3.63, 3.8) is 0 Å². The second-order valence-electron chi connectivity index (χ2n) is 3.79. The maximum absolute atomic E-state index is 10.2. The van der Waals surface area contributed by atoms with Gasteiger partial charge in [-0.15, -0.1) is 0 Å². The summed E-state index contributed by atoms with van der Waals surface area (Å²) in [5, 5.41) is 0. The number of carbonyl (C=O) groups is 1. The number of primary amides is 1. The molecule has 15 heavy (non-hydrogen) atoms. The van der Waals surface area contributed by atoms with Gasteiger partial charge in [0, 0.05) is 0 Å². The molecule has 90 valence electrons. The molecule has 0 saturated heterocycles. The van der Waals surface area contributed by atoms with Gasteiger partial charge in [-0.1, -0.05) is 51.9 Å². The molecular weight excluding hydrogens is 192 g/mol. The number of amides is 2. The number of hydrogen-bond acceptors (Lipinski definition) is 2. The Kier molecular flexibility index (Phi) is 10.7. The van der Waals surface area contributed by atoms with Gasteiger partial charge in [-0.3, -0.25) is 4.84 Å². The predicted molar refractivity (Wildman–Crippen MR) is 61.3 cm³/mol. The van der Waals surface area contributed by atoms with Gasteiger partial charge in [-0.2, -0.15) is 0 Å². The summed E-state index contributed by atoms with van der Waals surface area (Å²) in [6, 6.07) is -0.630.